The monoisotopic (exact) mass is 435 g/mol. The average molecular weight is 436 g/mol. The van der Waals surface area contributed by atoms with Gasteiger partial charge < -0.3 is 19.5 Å². The third-order valence-electron chi connectivity index (χ3n) is 4.84. The molecule has 0 bridgehead atoms. The van der Waals surface area contributed by atoms with Crippen molar-refractivity contribution in [3.8, 4) is 5.75 Å². The molecule has 1 saturated heterocycles. The molecule has 1 unspecified atom stereocenters. The van der Waals surface area contributed by atoms with Gasteiger partial charge >= 0.3 is 0 Å². The Labute approximate surface area is 177 Å². The number of aryl methyl sites for hydroxylation is 1. The van der Waals surface area contributed by atoms with Crippen LogP contribution in [-0.4, -0.2) is 74.6 Å². The van der Waals surface area contributed by atoms with Crippen LogP contribution < -0.4 is 10.1 Å². The Morgan fingerprint density at radius 3 is 2.70 bits per heavy atom. The summed E-state index contributed by atoms with van der Waals surface area (Å²) in [6.45, 7) is 6.54. The van der Waals surface area contributed by atoms with Gasteiger partial charge in [0, 0.05) is 39.3 Å². The second kappa shape index (κ2) is 9.94. The van der Waals surface area contributed by atoms with Crippen molar-refractivity contribution in [2.45, 2.75) is 25.7 Å². The van der Waals surface area contributed by atoms with E-state index in [4.69, 9.17) is 9.26 Å². The molecule has 30 heavy (non-hydrogen) atoms. The van der Waals surface area contributed by atoms with Crippen LogP contribution in [0.4, 0.5) is 0 Å². The van der Waals surface area contributed by atoms with Crippen molar-refractivity contribution in [3.63, 3.8) is 0 Å². The Morgan fingerprint density at radius 1 is 1.30 bits per heavy atom. The Morgan fingerprint density at radius 2 is 2.07 bits per heavy atom. The van der Waals surface area contributed by atoms with Crippen LogP contribution in [0.3, 0.4) is 0 Å². The zero-order valence-electron chi connectivity index (χ0n) is 17.6. The summed E-state index contributed by atoms with van der Waals surface area (Å²) in [5, 5.41) is 7.02. The van der Waals surface area contributed by atoms with E-state index in [1.54, 1.807) is 13.1 Å². The van der Waals surface area contributed by atoms with E-state index in [2.05, 4.69) is 20.4 Å². The first kappa shape index (κ1) is 22.1. The fourth-order valence-electron chi connectivity index (χ4n) is 3.30. The van der Waals surface area contributed by atoms with Crippen LogP contribution in [0.15, 0.2) is 46.1 Å². The number of nitrogens with one attached hydrogen (secondary N) is 1. The lowest BCUT2D eigenvalue weighted by molar-refractivity contribution is 0.218. The number of aliphatic imine (C=N–C) groups is 1. The quantitative estimate of drug-likeness (QED) is 0.519. The molecule has 164 valence electrons. The Kier molecular flexibility index (Phi) is 7.33. The van der Waals surface area contributed by atoms with Gasteiger partial charge in [-0.1, -0.05) is 17.3 Å². The summed E-state index contributed by atoms with van der Waals surface area (Å²) < 4.78 is 37.3. The summed E-state index contributed by atoms with van der Waals surface area (Å²) in [5.41, 5.74) is 1.57. The SMILES string of the molecule is CN=C(NCC(C)Oc1cccc(C)c1)N1CCN(S(=O)(=O)Cc2ccon2)CC1. The van der Waals surface area contributed by atoms with Gasteiger partial charge in [-0.05, 0) is 31.5 Å². The number of ether oxygens (including phenoxy) is 1. The molecule has 2 aromatic rings. The minimum Gasteiger partial charge on any atom is -0.489 e. The van der Waals surface area contributed by atoms with Gasteiger partial charge in [0.1, 0.15) is 23.9 Å². The predicted molar refractivity (Wildman–Crippen MR) is 115 cm³/mol. The highest BCUT2D eigenvalue weighted by molar-refractivity contribution is 7.88. The third kappa shape index (κ3) is 5.96. The zero-order valence-corrected chi connectivity index (χ0v) is 18.4. The van der Waals surface area contributed by atoms with E-state index in [0.29, 0.717) is 38.4 Å². The van der Waals surface area contributed by atoms with Gasteiger partial charge in [0.25, 0.3) is 0 Å². The highest BCUT2D eigenvalue weighted by Crippen LogP contribution is 2.15. The van der Waals surface area contributed by atoms with E-state index in [1.165, 1.54) is 10.6 Å². The van der Waals surface area contributed by atoms with Crippen molar-refractivity contribution in [2.24, 2.45) is 4.99 Å². The summed E-state index contributed by atoms with van der Waals surface area (Å²) in [6, 6.07) is 9.52. The number of hydrogen-bond donors (Lipinski definition) is 1. The van der Waals surface area contributed by atoms with Crippen LogP contribution in [0, 0.1) is 6.92 Å². The van der Waals surface area contributed by atoms with E-state index >= 15 is 0 Å². The van der Waals surface area contributed by atoms with Gasteiger partial charge in [-0.15, -0.1) is 0 Å². The smallest absolute Gasteiger partial charge is 0.220 e. The van der Waals surface area contributed by atoms with Crippen molar-refractivity contribution >= 4 is 16.0 Å². The summed E-state index contributed by atoms with van der Waals surface area (Å²) >= 11 is 0. The standard InChI is InChI=1S/C20H29N5O4S/c1-16-5-4-6-19(13-16)29-17(2)14-22-20(21-3)24-8-10-25(11-9-24)30(26,27)15-18-7-12-28-23-18/h4-7,12-13,17H,8-11,14-15H2,1-3H3,(H,21,22). The van der Waals surface area contributed by atoms with E-state index in [-0.39, 0.29) is 11.9 Å². The largest absolute Gasteiger partial charge is 0.489 e. The summed E-state index contributed by atoms with van der Waals surface area (Å²) in [7, 11) is -1.70. The van der Waals surface area contributed by atoms with Gasteiger partial charge in [0.05, 0.1) is 12.2 Å². The second-order valence-electron chi connectivity index (χ2n) is 7.31. The second-order valence-corrected chi connectivity index (χ2v) is 9.28. The summed E-state index contributed by atoms with van der Waals surface area (Å²) in [5.74, 6) is 1.43. The third-order valence-corrected chi connectivity index (χ3v) is 6.65. The van der Waals surface area contributed by atoms with Crippen LogP contribution in [0.2, 0.25) is 0 Å². The number of aromatic nitrogens is 1. The molecule has 1 aliphatic heterocycles. The molecule has 1 aromatic carbocycles. The highest BCUT2D eigenvalue weighted by Gasteiger charge is 2.29. The van der Waals surface area contributed by atoms with Crippen LogP contribution >= 0.6 is 0 Å². The first-order valence-electron chi connectivity index (χ1n) is 9.93. The van der Waals surface area contributed by atoms with Crippen molar-refractivity contribution in [3.05, 3.63) is 47.9 Å². The number of sulfonamides is 1. The Balaban J connectivity index is 1.47. The van der Waals surface area contributed by atoms with Gasteiger partial charge in [-0.25, -0.2) is 8.42 Å². The van der Waals surface area contributed by atoms with E-state index < -0.39 is 10.0 Å². The van der Waals surface area contributed by atoms with E-state index in [0.717, 1.165) is 17.3 Å². The number of benzene rings is 1. The lowest BCUT2D eigenvalue weighted by Gasteiger charge is -2.36. The van der Waals surface area contributed by atoms with Crippen LogP contribution in [0.1, 0.15) is 18.2 Å². The molecule has 0 aliphatic carbocycles. The van der Waals surface area contributed by atoms with Crippen molar-refractivity contribution < 1.29 is 17.7 Å². The molecular weight excluding hydrogens is 406 g/mol. The van der Waals surface area contributed by atoms with E-state index in [1.807, 2.05) is 38.1 Å². The number of hydrogen-bond acceptors (Lipinski definition) is 6. The van der Waals surface area contributed by atoms with Gasteiger partial charge in [0.15, 0.2) is 5.96 Å². The lowest BCUT2D eigenvalue weighted by atomic mass is 10.2. The summed E-state index contributed by atoms with van der Waals surface area (Å²) in [6.07, 6.45) is 1.33. The first-order chi connectivity index (χ1) is 14.4. The number of guanidine groups is 1. The maximum atomic E-state index is 12.6. The first-order valence-corrected chi connectivity index (χ1v) is 11.5. The molecule has 0 saturated carbocycles. The van der Waals surface area contributed by atoms with Crippen LogP contribution in [0.25, 0.3) is 0 Å². The number of piperazine rings is 1. The molecule has 9 nitrogen and oxygen atoms in total. The molecule has 1 atom stereocenters. The minimum atomic E-state index is -3.42. The minimum absolute atomic E-state index is 0.0484. The topological polar surface area (TPSA) is 100 Å². The predicted octanol–water partition coefficient (Wildman–Crippen LogP) is 1.47. The molecule has 1 N–H and O–H groups in total. The molecule has 1 fully saturated rings. The number of rotatable bonds is 7. The fraction of sp³-hybridized carbons (Fsp3) is 0.500. The van der Waals surface area contributed by atoms with Crippen molar-refractivity contribution in [1.29, 1.82) is 0 Å². The van der Waals surface area contributed by atoms with Gasteiger partial charge in [-0.3, -0.25) is 4.99 Å². The lowest BCUT2D eigenvalue weighted by Crippen LogP contribution is -2.54. The molecule has 0 amide bonds. The van der Waals surface area contributed by atoms with Crippen molar-refractivity contribution in [2.75, 3.05) is 39.8 Å². The maximum absolute atomic E-state index is 12.6. The molecule has 3 rings (SSSR count). The van der Waals surface area contributed by atoms with Gasteiger partial charge in [-0.2, -0.15) is 4.31 Å². The molecule has 1 aliphatic rings. The molecule has 0 radical (unpaired) electrons. The Hall–Kier alpha value is -2.59. The highest BCUT2D eigenvalue weighted by atomic mass is 32.2. The van der Waals surface area contributed by atoms with E-state index in [9.17, 15) is 8.42 Å². The zero-order chi connectivity index (χ0) is 21.6. The summed E-state index contributed by atoms with van der Waals surface area (Å²) in [4.78, 5) is 6.40. The van der Waals surface area contributed by atoms with Gasteiger partial charge in [0.2, 0.25) is 10.0 Å². The molecule has 10 heteroatoms. The fourth-order valence-corrected chi connectivity index (χ4v) is 4.72. The Bertz CT molecular complexity index is 938. The normalized spacial score (nSPS) is 17.0. The average Bonchev–Trinajstić information content (AvgIpc) is 3.21. The molecular formula is C20H29N5O4S. The molecule has 1 aromatic heterocycles. The van der Waals surface area contributed by atoms with Crippen LogP contribution in [0.5, 0.6) is 5.75 Å². The molecule has 0 spiro atoms. The number of nitrogens with zero attached hydrogens (tertiary/aromatic N) is 4. The molecule has 2 heterocycles. The van der Waals surface area contributed by atoms with Crippen molar-refractivity contribution in [1.82, 2.24) is 19.7 Å². The maximum Gasteiger partial charge on any atom is 0.220 e. The van der Waals surface area contributed by atoms with Crippen LogP contribution in [-0.2, 0) is 15.8 Å².